The monoisotopic (exact) mass is 447 g/mol. The van der Waals surface area contributed by atoms with Crippen LogP contribution in [-0.2, 0) is 19.5 Å². The second-order valence-corrected chi connectivity index (χ2v) is 8.52. The number of carbonyl (C=O) groups excluding carboxylic acids is 1. The number of methoxy groups -OCH3 is 1. The van der Waals surface area contributed by atoms with Crippen molar-refractivity contribution in [2.45, 2.75) is 19.5 Å². The molecule has 0 spiro atoms. The van der Waals surface area contributed by atoms with E-state index in [2.05, 4.69) is 27.3 Å². The molecule has 0 bridgehead atoms. The van der Waals surface area contributed by atoms with E-state index in [1.165, 1.54) is 22.5 Å². The minimum Gasteiger partial charge on any atom is -0.497 e. The van der Waals surface area contributed by atoms with Crippen molar-refractivity contribution in [2.24, 2.45) is 0 Å². The highest BCUT2D eigenvalue weighted by atomic mass is 35.5. The minimum atomic E-state index is -0.298. The number of hydrogen-bond donors (Lipinski definition) is 1. The lowest BCUT2D eigenvalue weighted by atomic mass is 9.99. The molecule has 4 rings (SSSR count). The number of carbonyl (C=O) groups is 1. The van der Waals surface area contributed by atoms with Crippen LogP contribution in [0.2, 0.25) is 10.0 Å². The molecular formula is C21H19Cl2N3O2S. The van der Waals surface area contributed by atoms with Gasteiger partial charge in [-0.3, -0.25) is 15.0 Å². The smallest absolute Gasteiger partial charge is 0.258 e. The van der Waals surface area contributed by atoms with Crippen molar-refractivity contribution in [1.82, 2.24) is 9.88 Å². The van der Waals surface area contributed by atoms with Crippen LogP contribution in [0.25, 0.3) is 0 Å². The lowest BCUT2D eigenvalue weighted by molar-refractivity contribution is 0.102. The van der Waals surface area contributed by atoms with Crippen molar-refractivity contribution in [3.8, 4) is 5.75 Å². The third-order valence-electron chi connectivity index (χ3n) is 4.84. The molecule has 1 aliphatic heterocycles. The van der Waals surface area contributed by atoms with Crippen LogP contribution in [0, 0.1) is 0 Å². The summed E-state index contributed by atoms with van der Waals surface area (Å²) in [6.45, 7) is 2.57. The average molecular weight is 448 g/mol. The highest BCUT2D eigenvalue weighted by molar-refractivity contribution is 7.14. The van der Waals surface area contributed by atoms with E-state index in [-0.39, 0.29) is 5.91 Å². The molecule has 8 heteroatoms. The third-order valence-corrected chi connectivity index (χ3v) is 6.19. The van der Waals surface area contributed by atoms with Gasteiger partial charge >= 0.3 is 0 Å². The number of ether oxygens (including phenoxy) is 1. The fourth-order valence-corrected chi connectivity index (χ4v) is 4.54. The molecule has 1 aromatic heterocycles. The first-order valence-corrected chi connectivity index (χ1v) is 10.7. The van der Waals surface area contributed by atoms with Crippen LogP contribution in [0.4, 0.5) is 5.13 Å². The molecule has 0 saturated carbocycles. The first kappa shape index (κ1) is 20.2. The Hall–Kier alpha value is -2.12. The van der Waals surface area contributed by atoms with Gasteiger partial charge in [0.2, 0.25) is 0 Å². The summed E-state index contributed by atoms with van der Waals surface area (Å²) in [7, 11) is 1.69. The van der Waals surface area contributed by atoms with Crippen LogP contribution in [0.3, 0.4) is 0 Å². The molecule has 5 nitrogen and oxygen atoms in total. The van der Waals surface area contributed by atoms with Crippen molar-refractivity contribution in [1.29, 1.82) is 0 Å². The molecule has 0 radical (unpaired) electrons. The largest absolute Gasteiger partial charge is 0.497 e. The molecular weight excluding hydrogens is 429 g/mol. The fraction of sp³-hybridized carbons (Fsp3) is 0.238. The van der Waals surface area contributed by atoms with Gasteiger partial charge in [0.1, 0.15) is 5.75 Å². The number of rotatable bonds is 5. The van der Waals surface area contributed by atoms with Crippen molar-refractivity contribution < 1.29 is 9.53 Å². The number of hydrogen-bond acceptors (Lipinski definition) is 5. The molecule has 0 unspecified atom stereocenters. The van der Waals surface area contributed by atoms with Gasteiger partial charge in [0.15, 0.2) is 5.13 Å². The molecule has 0 saturated heterocycles. The van der Waals surface area contributed by atoms with Gasteiger partial charge in [-0.25, -0.2) is 4.98 Å². The van der Waals surface area contributed by atoms with Crippen molar-refractivity contribution >= 4 is 45.6 Å². The molecule has 29 heavy (non-hydrogen) atoms. The minimum absolute atomic E-state index is 0.298. The second-order valence-electron chi connectivity index (χ2n) is 6.82. The molecule has 2 aromatic carbocycles. The van der Waals surface area contributed by atoms with E-state index >= 15 is 0 Å². The Labute approximate surface area is 183 Å². The topological polar surface area (TPSA) is 54.5 Å². The van der Waals surface area contributed by atoms with E-state index in [9.17, 15) is 4.79 Å². The van der Waals surface area contributed by atoms with Gasteiger partial charge in [-0.1, -0.05) is 29.3 Å². The van der Waals surface area contributed by atoms with Crippen molar-refractivity contribution in [2.75, 3.05) is 19.0 Å². The lowest BCUT2D eigenvalue weighted by Gasteiger charge is -2.28. The van der Waals surface area contributed by atoms with Gasteiger partial charge in [-0.05, 0) is 47.9 Å². The number of fused-ring (bicyclic) bond motifs is 1. The Balaban J connectivity index is 1.38. The van der Waals surface area contributed by atoms with E-state index in [1.807, 2.05) is 11.4 Å². The molecule has 1 aliphatic rings. The third kappa shape index (κ3) is 4.73. The van der Waals surface area contributed by atoms with Crippen LogP contribution >= 0.6 is 34.5 Å². The maximum Gasteiger partial charge on any atom is 0.258 e. The maximum absolute atomic E-state index is 12.4. The SMILES string of the molecule is COc1ccc2c(c1)CCN(Cc1csc(NC(=O)c3ccc(Cl)cc3Cl)n1)C2. The maximum atomic E-state index is 12.4. The molecule has 1 N–H and O–H groups in total. The molecule has 3 aromatic rings. The predicted molar refractivity (Wildman–Crippen MR) is 117 cm³/mol. The number of anilines is 1. The van der Waals surface area contributed by atoms with Crippen LogP contribution in [-0.4, -0.2) is 29.4 Å². The highest BCUT2D eigenvalue weighted by Crippen LogP contribution is 2.26. The molecule has 0 atom stereocenters. The van der Waals surface area contributed by atoms with E-state index < -0.39 is 0 Å². The molecule has 0 fully saturated rings. The fourth-order valence-electron chi connectivity index (χ4n) is 3.35. The van der Waals surface area contributed by atoms with E-state index in [0.717, 1.165) is 37.5 Å². The van der Waals surface area contributed by atoms with Gasteiger partial charge in [0.25, 0.3) is 5.91 Å². The summed E-state index contributed by atoms with van der Waals surface area (Å²) in [4.78, 5) is 19.4. The number of halogens is 2. The summed E-state index contributed by atoms with van der Waals surface area (Å²) < 4.78 is 5.31. The molecule has 0 aliphatic carbocycles. The number of nitrogens with zero attached hydrogens (tertiary/aromatic N) is 2. The van der Waals surface area contributed by atoms with Crippen LogP contribution in [0.1, 0.15) is 27.2 Å². The van der Waals surface area contributed by atoms with Gasteiger partial charge in [0, 0.05) is 30.0 Å². The average Bonchev–Trinajstić information content (AvgIpc) is 3.14. The molecule has 1 amide bonds. The number of amides is 1. The summed E-state index contributed by atoms with van der Waals surface area (Å²) in [5.74, 6) is 0.603. The van der Waals surface area contributed by atoms with Gasteiger partial charge in [0.05, 0.1) is 23.4 Å². The van der Waals surface area contributed by atoms with E-state index in [0.29, 0.717) is 20.7 Å². The van der Waals surface area contributed by atoms with Crippen LogP contribution < -0.4 is 10.1 Å². The van der Waals surface area contributed by atoms with Crippen LogP contribution in [0.5, 0.6) is 5.75 Å². The normalized spacial score (nSPS) is 13.8. The van der Waals surface area contributed by atoms with Gasteiger partial charge in [-0.2, -0.15) is 0 Å². The summed E-state index contributed by atoms with van der Waals surface area (Å²) in [5, 5.41) is 6.15. The first-order chi connectivity index (χ1) is 14.0. The number of aromatic nitrogens is 1. The Morgan fingerprint density at radius 1 is 1.24 bits per heavy atom. The highest BCUT2D eigenvalue weighted by Gasteiger charge is 2.19. The lowest BCUT2D eigenvalue weighted by Crippen LogP contribution is -2.30. The van der Waals surface area contributed by atoms with Crippen molar-refractivity contribution in [3.05, 3.63) is 74.2 Å². The standard InChI is InChI=1S/C21H19Cl2N3O2S/c1-28-17-4-2-14-10-26(7-6-13(14)8-17)11-16-12-29-21(24-16)25-20(27)18-5-3-15(22)9-19(18)23/h2-5,8-9,12H,6-7,10-11H2,1H3,(H,24,25,27). The van der Waals surface area contributed by atoms with Crippen molar-refractivity contribution in [3.63, 3.8) is 0 Å². The predicted octanol–water partition coefficient (Wildman–Crippen LogP) is 5.27. The second kappa shape index (κ2) is 8.71. The Kier molecular flexibility index (Phi) is 6.06. The Morgan fingerprint density at radius 3 is 2.90 bits per heavy atom. The quantitative estimate of drug-likeness (QED) is 0.578. The number of benzene rings is 2. The summed E-state index contributed by atoms with van der Waals surface area (Å²) in [6.07, 6.45) is 0.981. The molecule has 150 valence electrons. The van der Waals surface area contributed by atoms with E-state index in [1.54, 1.807) is 25.3 Å². The van der Waals surface area contributed by atoms with Gasteiger partial charge in [-0.15, -0.1) is 11.3 Å². The van der Waals surface area contributed by atoms with E-state index in [4.69, 9.17) is 27.9 Å². The first-order valence-electron chi connectivity index (χ1n) is 9.11. The Morgan fingerprint density at radius 2 is 2.10 bits per heavy atom. The summed E-state index contributed by atoms with van der Waals surface area (Å²) >= 11 is 13.4. The van der Waals surface area contributed by atoms with Gasteiger partial charge < -0.3 is 4.74 Å². The number of nitrogens with one attached hydrogen (secondary N) is 1. The summed E-state index contributed by atoms with van der Waals surface area (Å²) in [5.41, 5.74) is 3.96. The molecule has 2 heterocycles. The zero-order valence-corrected chi connectivity index (χ0v) is 18.1. The van der Waals surface area contributed by atoms with Crippen LogP contribution in [0.15, 0.2) is 41.8 Å². The number of thiazole rings is 1. The zero-order chi connectivity index (χ0) is 20.4. The Bertz CT molecular complexity index is 1050. The zero-order valence-electron chi connectivity index (χ0n) is 15.7. The summed E-state index contributed by atoms with van der Waals surface area (Å²) in [6, 6.07) is 11.0.